The normalized spacial score (nSPS) is 12.1. The summed E-state index contributed by atoms with van der Waals surface area (Å²) in [6, 6.07) is 8.07. The first kappa shape index (κ1) is 21.5. The summed E-state index contributed by atoms with van der Waals surface area (Å²) in [6.07, 6.45) is -1.63. The molecule has 1 aromatic carbocycles. The van der Waals surface area contributed by atoms with E-state index in [1.807, 2.05) is 24.4 Å². The van der Waals surface area contributed by atoms with Crippen LogP contribution in [0.25, 0.3) is 10.9 Å². The minimum atomic E-state index is -4.41. The summed E-state index contributed by atoms with van der Waals surface area (Å²) >= 11 is 0.972. The molecule has 5 nitrogen and oxygen atoms in total. The van der Waals surface area contributed by atoms with Gasteiger partial charge in [-0.25, -0.2) is 4.98 Å². The van der Waals surface area contributed by atoms with Gasteiger partial charge in [-0.2, -0.15) is 13.2 Å². The second-order valence-electron chi connectivity index (χ2n) is 5.59. The number of fused-ring (bicyclic) bond motifs is 1. The molecule has 0 aliphatic rings. The summed E-state index contributed by atoms with van der Waals surface area (Å²) in [6.45, 7) is 0.834. The zero-order valence-electron chi connectivity index (χ0n) is 14.4. The van der Waals surface area contributed by atoms with Gasteiger partial charge in [-0.3, -0.25) is 4.99 Å². The number of hydrogen-bond donors (Lipinski definition) is 3. The fourth-order valence-electron chi connectivity index (χ4n) is 2.56. The SMILES string of the molecule is CN=C(NCCc1c[nH]c2ccccc12)NCc1nc(C(F)(F)F)cs1.I. The lowest BCUT2D eigenvalue weighted by Crippen LogP contribution is -2.37. The van der Waals surface area contributed by atoms with Crippen LogP contribution in [0.4, 0.5) is 13.2 Å². The lowest BCUT2D eigenvalue weighted by atomic mass is 10.1. The number of thiazole rings is 1. The largest absolute Gasteiger partial charge is 0.434 e. The molecule has 146 valence electrons. The Morgan fingerprint density at radius 1 is 1.26 bits per heavy atom. The quantitative estimate of drug-likeness (QED) is 0.275. The number of nitrogens with one attached hydrogen (secondary N) is 3. The molecule has 3 N–H and O–H groups in total. The standard InChI is InChI=1S/C17H18F3N5S.HI/c1-21-16(24-9-15-25-14(10-26-15)17(18,19)20)22-7-6-11-8-23-13-5-3-2-4-12(11)13;/h2-5,8,10,23H,6-7,9H2,1H3,(H2,21,22,24);1H. The molecule has 0 spiro atoms. The highest BCUT2D eigenvalue weighted by molar-refractivity contribution is 14.0. The molecule has 2 heterocycles. The van der Waals surface area contributed by atoms with E-state index < -0.39 is 11.9 Å². The molecule has 0 saturated carbocycles. The van der Waals surface area contributed by atoms with E-state index in [2.05, 4.69) is 31.7 Å². The molecule has 3 rings (SSSR count). The molecule has 3 aromatic rings. The smallest absolute Gasteiger partial charge is 0.361 e. The lowest BCUT2D eigenvalue weighted by molar-refractivity contribution is -0.140. The molecule has 0 aliphatic heterocycles. The third kappa shape index (κ3) is 5.58. The van der Waals surface area contributed by atoms with Gasteiger partial charge in [-0.1, -0.05) is 18.2 Å². The van der Waals surface area contributed by atoms with Gasteiger partial charge in [0.15, 0.2) is 11.7 Å². The van der Waals surface area contributed by atoms with Crippen molar-refractivity contribution in [3.8, 4) is 0 Å². The van der Waals surface area contributed by atoms with Gasteiger partial charge < -0.3 is 15.6 Å². The van der Waals surface area contributed by atoms with Crippen LogP contribution in [0, 0.1) is 0 Å². The molecule has 10 heteroatoms. The molecule has 2 aromatic heterocycles. The Balaban J connectivity index is 0.00000261. The van der Waals surface area contributed by atoms with E-state index in [4.69, 9.17) is 0 Å². The van der Waals surface area contributed by atoms with Crippen molar-refractivity contribution in [1.82, 2.24) is 20.6 Å². The molecule has 0 aliphatic carbocycles. The van der Waals surface area contributed by atoms with Gasteiger partial charge in [-0.05, 0) is 18.1 Å². The van der Waals surface area contributed by atoms with E-state index in [-0.39, 0.29) is 30.5 Å². The number of halogens is 4. The molecule has 0 saturated heterocycles. The average Bonchev–Trinajstić information content (AvgIpc) is 3.25. The topological polar surface area (TPSA) is 65.1 Å². The van der Waals surface area contributed by atoms with Crippen molar-refractivity contribution < 1.29 is 13.2 Å². The van der Waals surface area contributed by atoms with Crippen molar-refractivity contribution in [3.05, 3.63) is 52.1 Å². The van der Waals surface area contributed by atoms with Gasteiger partial charge in [0.1, 0.15) is 5.01 Å². The summed E-state index contributed by atoms with van der Waals surface area (Å²) in [5.41, 5.74) is 1.43. The molecule has 0 bridgehead atoms. The number of H-pyrrole nitrogens is 1. The summed E-state index contributed by atoms with van der Waals surface area (Å²) in [4.78, 5) is 10.9. The van der Waals surface area contributed by atoms with Gasteiger partial charge in [0.05, 0.1) is 6.54 Å². The summed E-state index contributed by atoms with van der Waals surface area (Å²) in [5, 5.41) is 8.70. The van der Waals surface area contributed by atoms with Gasteiger partial charge in [-0.15, -0.1) is 35.3 Å². The van der Waals surface area contributed by atoms with Crippen LogP contribution in [0.2, 0.25) is 0 Å². The summed E-state index contributed by atoms with van der Waals surface area (Å²) in [7, 11) is 1.62. The van der Waals surface area contributed by atoms with Crippen molar-refractivity contribution in [2.75, 3.05) is 13.6 Å². The molecular formula is C17H19F3IN5S. The van der Waals surface area contributed by atoms with Crippen molar-refractivity contribution in [1.29, 1.82) is 0 Å². The van der Waals surface area contributed by atoms with Crippen LogP contribution < -0.4 is 10.6 Å². The Morgan fingerprint density at radius 2 is 2.04 bits per heavy atom. The molecule has 27 heavy (non-hydrogen) atoms. The zero-order valence-corrected chi connectivity index (χ0v) is 17.6. The maximum atomic E-state index is 12.6. The monoisotopic (exact) mass is 509 g/mol. The molecule has 0 amide bonds. The molecule has 0 fully saturated rings. The van der Waals surface area contributed by atoms with Crippen molar-refractivity contribution in [2.45, 2.75) is 19.1 Å². The summed E-state index contributed by atoms with van der Waals surface area (Å²) < 4.78 is 37.7. The van der Waals surface area contributed by atoms with E-state index >= 15 is 0 Å². The Kier molecular flexibility index (Phi) is 7.48. The third-order valence-corrected chi connectivity index (χ3v) is 4.68. The zero-order chi connectivity index (χ0) is 18.6. The Morgan fingerprint density at radius 3 is 2.74 bits per heavy atom. The van der Waals surface area contributed by atoms with Crippen molar-refractivity contribution in [3.63, 3.8) is 0 Å². The van der Waals surface area contributed by atoms with Gasteiger partial charge in [0.2, 0.25) is 0 Å². The minimum Gasteiger partial charge on any atom is -0.361 e. The molecule has 0 atom stereocenters. The molecule has 0 radical (unpaired) electrons. The minimum absolute atomic E-state index is 0. The number of aromatic amines is 1. The van der Waals surface area contributed by atoms with Crippen molar-refractivity contribution >= 4 is 52.2 Å². The Hall–Kier alpha value is -1.82. The molecule has 0 unspecified atom stereocenters. The number of hydrogen-bond acceptors (Lipinski definition) is 3. The molecular weight excluding hydrogens is 490 g/mol. The van der Waals surface area contributed by atoms with E-state index in [9.17, 15) is 13.2 Å². The summed E-state index contributed by atoms with van der Waals surface area (Å²) in [5.74, 6) is 0.522. The van der Waals surface area contributed by atoms with Crippen LogP contribution in [0.1, 0.15) is 16.3 Å². The fraction of sp³-hybridized carbons (Fsp3) is 0.294. The number of guanidine groups is 1. The lowest BCUT2D eigenvalue weighted by Gasteiger charge is -2.10. The van der Waals surface area contributed by atoms with E-state index in [1.165, 1.54) is 10.9 Å². The van der Waals surface area contributed by atoms with E-state index in [0.717, 1.165) is 28.7 Å². The first-order valence-corrected chi connectivity index (χ1v) is 8.86. The van der Waals surface area contributed by atoms with Crippen LogP contribution in [-0.4, -0.2) is 29.5 Å². The third-order valence-electron chi connectivity index (χ3n) is 3.83. The number of para-hydroxylation sites is 1. The van der Waals surface area contributed by atoms with Crippen LogP contribution in [0.3, 0.4) is 0 Å². The highest BCUT2D eigenvalue weighted by Crippen LogP contribution is 2.29. The Labute approximate surface area is 175 Å². The number of benzene rings is 1. The van der Waals surface area contributed by atoms with Gasteiger partial charge in [0.25, 0.3) is 0 Å². The number of aliphatic imine (C=N–C) groups is 1. The number of rotatable bonds is 5. The highest BCUT2D eigenvalue weighted by Gasteiger charge is 2.33. The van der Waals surface area contributed by atoms with E-state index in [1.54, 1.807) is 7.05 Å². The maximum Gasteiger partial charge on any atom is 0.434 e. The number of alkyl halides is 3. The Bertz CT molecular complexity index is 903. The van der Waals surface area contributed by atoms with Crippen LogP contribution >= 0.6 is 35.3 Å². The van der Waals surface area contributed by atoms with Gasteiger partial charge in [0, 0.05) is 36.1 Å². The number of aromatic nitrogens is 2. The van der Waals surface area contributed by atoms with Crippen molar-refractivity contribution in [2.24, 2.45) is 4.99 Å². The first-order chi connectivity index (χ1) is 12.5. The highest BCUT2D eigenvalue weighted by atomic mass is 127. The van der Waals surface area contributed by atoms with Crippen LogP contribution in [0.15, 0.2) is 40.8 Å². The van der Waals surface area contributed by atoms with E-state index in [0.29, 0.717) is 17.5 Å². The fourth-order valence-corrected chi connectivity index (χ4v) is 3.30. The average molecular weight is 509 g/mol. The number of nitrogens with zero attached hydrogens (tertiary/aromatic N) is 2. The maximum absolute atomic E-state index is 12.6. The van der Waals surface area contributed by atoms with Crippen LogP contribution in [-0.2, 0) is 19.1 Å². The van der Waals surface area contributed by atoms with Crippen LogP contribution in [0.5, 0.6) is 0 Å². The second kappa shape index (κ2) is 9.40. The predicted molar refractivity (Wildman–Crippen MR) is 113 cm³/mol. The second-order valence-corrected chi connectivity index (χ2v) is 6.53. The first-order valence-electron chi connectivity index (χ1n) is 7.98. The van der Waals surface area contributed by atoms with Gasteiger partial charge >= 0.3 is 6.18 Å². The predicted octanol–water partition coefficient (Wildman–Crippen LogP) is 4.17.